The summed E-state index contributed by atoms with van der Waals surface area (Å²) in [6.45, 7) is 2.68. The van der Waals surface area contributed by atoms with Gasteiger partial charge in [-0.1, -0.05) is 24.3 Å². The molecule has 1 aromatic carbocycles. The van der Waals surface area contributed by atoms with Crippen LogP contribution in [0.3, 0.4) is 0 Å². The summed E-state index contributed by atoms with van der Waals surface area (Å²) < 4.78 is 0. The van der Waals surface area contributed by atoms with Gasteiger partial charge in [-0.3, -0.25) is 4.90 Å². The van der Waals surface area contributed by atoms with Crippen LogP contribution >= 0.6 is 0 Å². The topological polar surface area (TPSA) is 69.7 Å². The summed E-state index contributed by atoms with van der Waals surface area (Å²) in [5, 5.41) is 17.8. The number of rotatable bonds is 7. The molecule has 0 fully saturated rings. The minimum atomic E-state index is 0.112. The molecule has 0 bridgehead atoms. The fourth-order valence-corrected chi connectivity index (χ4v) is 1.59. The lowest BCUT2D eigenvalue weighted by molar-refractivity contribution is 0.156. The van der Waals surface area contributed by atoms with E-state index >= 15 is 0 Å². The maximum atomic E-state index is 8.88. The Labute approximate surface area is 96.3 Å². The van der Waals surface area contributed by atoms with Crippen molar-refractivity contribution in [3.05, 3.63) is 35.4 Å². The SMILES string of the molecule is NCc1ccc(CN(CCO)CCO)cc1. The second kappa shape index (κ2) is 7.35. The predicted molar refractivity (Wildman–Crippen MR) is 63.8 cm³/mol. The highest BCUT2D eigenvalue weighted by Gasteiger charge is 2.04. The molecule has 4 N–H and O–H groups in total. The van der Waals surface area contributed by atoms with Crippen LogP contribution in [0.2, 0.25) is 0 Å². The fraction of sp³-hybridized carbons (Fsp3) is 0.500. The number of hydrogen-bond acceptors (Lipinski definition) is 4. The molecule has 16 heavy (non-hydrogen) atoms. The highest BCUT2D eigenvalue weighted by molar-refractivity contribution is 5.22. The van der Waals surface area contributed by atoms with E-state index in [0.717, 1.165) is 12.1 Å². The van der Waals surface area contributed by atoms with Gasteiger partial charge in [0.25, 0.3) is 0 Å². The molecule has 4 nitrogen and oxygen atoms in total. The number of benzene rings is 1. The molecule has 1 rings (SSSR count). The van der Waals surface area contributed by atoms with Crippen molar-refractivity contribution < 1.29 is 10.2 Å². The summed E-state index contributed by atoms with van der Waals surface area (Å²) in [6, 6.07) is 8.07. The normalized spacial score (nSPS) is 11.0. The van der Waals surface area contributed by atoms with Gasteiger partial charge in [0.1, 0.15) is 0 Å². The molecule has 1 aromatic rings. The Morgan fingerprint density at radius 1 is 0.938 bits per heavy atom. The Kier molecular flexibility index (Phi) is 6.03. The van der Waals surface area contributed by atoms with Crippen molar-refractivity contribution >= 4 is 0 Å². The van der Waals surface area contributed by atoms with Crippen molar-refractivity contribution in [1.82, 2.24) is 4.90 Å². The van der Waals surface area contributed by atoms with E-state index in [4.69, 9.17) is 15.9 Å². The minimum Gasteiger partial charge on any atom is -0.395 e. The maximum Gasteiger partial charge on any atom is 0.0558 e. The molecule has 0 heterocycles. The van der Waals surface area contributed by atoms with Crippen molar-refractivity contribution in [3.63, 3.8) is 0 Å². The summed E-state index contributed by atoms with van der Waals surface area (Å²) in [6.07, 6.45) is 0. The highest BCUT2D eigenvalue weighted by atomic mass is 16.3. The summed E-state index contributed by atoms with van der Waals surface area (Å²) in [7, 11) is 0. The Hall–Kier alpha value is -0.940. The molecule has 0 amide bonds. The molecule has 4 heteroatoms. The van der Waals surface area contributed by atoms with Gasteiger partial charge in [0.05, 0.1) is 13.2 Å². The van der Waals surface area contributed by atoms with Crippen LogP contribution in [0.25, 0.3) is 0 Å². The molecule has 0 spiro atoms. The van der Waals surface area contributed by atoms with Gasteiger partial charge in [-0.05, 0) is 11.1 Å². The monoisotopic (exact) mass is 224 g/mol. The average Bonchev–Trinajstić information content (AvgIpc) is 2.31. The third kappa shape index (κ3) is 4.28. The number of nitrogens with two attached hydrogens (primary N) is 1. The quantitative estimate of drug-likeness (QED) is 0.606. The third-order valence-corrected chi connectivity index (χ3v) is 2.50. The van der Waals surface area contributed by atoms with Gasteiger partial charge >= 0.3 is 0 Å². The Balaban J connectivity index is 2.54. The van der Waals surface area contributed by atoms with Crippen LogP contribution in [-0.4, -0.2) is 41.4 Å². The third-order valence-electron chi connectivity index (χ3n) is 2.50. The van der Waals surface area contributed by atoms with Crippen molar-refractivity contribution in [3.8, 4) is 0 Å². The van der Waals surface area contributed by atoms with Crippen LogP contribution in [-0.2, 0) is 13.1 Å². The first kappa shape index (κ1) is 13.1. The largest absolute Gasteiger partial charge is 0.395 e. The zero-order valence-electron chi connectivity index (χ0n) is 9.47. The summed E-state index contributed by atoms with van der Waals surface area (Å²) in [4.78, 5) is 2.01. The molecule has 90 valence electrons. The molecule has 0 aromatic heterocycles. The molecule has 0 saturated carbocycles. The molecular formula is C12H20N2O2. The number of aliphatic hydroxyl groups is 2. The summed E-state index contributed by atoms with van der Waals surface area (Å²) in [5.41, 5.74) is 7.80. The van der Waals surface area contributed by atoms with Crippen LogP contribution in [0.15, 0.2) is 24.3 Å². The molecule has 0 aliphatic carbocycles. The van der Waals surface area contributed by atoms with E-state index in [-0.39, 0.29) is 13.2 Å². The molecule has 0 aliphatic heterocycles. The molecule has 0 saturated heterocycles. The van der Waals surface area contributed by atoms with E-state index in [1.54, 1.807) is 0 Å². The van der Waals surface area contributed by atoms with Gasteiger partial charge < -0.3 is 15.9 Å². The van der Waals surface area contributed by atoms with E-state index in [1.165, 1.54) is 5.56 Å². The molecule has 0 atom stereocenters. The Bertz CT molecular complexity index is 282. The first-order valence-electron chi connectivity index (χ1n) is 5.52. The minimum absolute atomic E-state index is 0.112. The molecular weight excluding hydrogens is 204 g/mol. The average molecular weight is 224 g/mol. The van der Waals surface area contributed by atoms with Crippen molar-refractivity contribution in [2.24, 2.45) is 5.73 Å². The van der Waals surface area contributed by atoms with E-state index in [9.17, 15) is 0 Å². The Morgan fingerprint density at radius 2 is 1.44 bits per heavy atom. The summed E-state index contributed by atoms with van der Waals surface area (Å²) in [5.74, 6) is 0. The zero-order chi connectivity index (χ0) is 11.8. The zero-order valence-corrected chi connectivity index (χ0v) is 9.47. The molecule has 0 aliphatic rings. The second-order valence-electron chi connectivity index (χ2n) is 3.74. The molecule has 0 unspecified atom stereocenters. The van der Waals surface area contributed by atoms with Crippen molar-refractivity contribution in [2.75, 3.05) is 26.3 Å². The maximum absolute atomic E-state index is 8.88. The fourth-order valence-electron chi connectivity index (χ4n) is 1.59. The highest BCUT2D eigenvalue weighted by Crippen LogP contribution is 2.06. The standard InChI is InChI=1S/C12H20N2O2/c13-9-11-1-3-12(4-2-11)10-14(5-7-15)6-8-16/h1-4,15-16H,5-10,13H2. The lowest BCUT2D eigenvalue weighted by atomic mass is 10.1. The van der Waals surface area contributed by atoms with Gasteiger partial charge in [0, 0.05) is 26.2 Å². The molecule has 0 radical (unpaired) electrons. The van der Waals surface area contributed by atoms with Gasteiger partial charge in [0.2, 0.25) is 0 Å². The van der Waals surface area contributed by atoms with Gasteiger partial charge in [-0.2, -0.15) is 0 Å². The smallest absolute Gasteiger partial charge is 0.0558 e. The van der Waals surface area contributed by atoms with Gasteiger partial charge in [-0.25, -0.2) is 0 Å². The number of nitrogens with zero attached hydrogens (tertiary/aromatic N) is 1. The first-order valence-corrected chi connectivity index (χ1v) is 5.52. The van der Waals surface area contributed by atoms with E-state index in [1.807, 2.05) is 29.2 Å². The van der Waals surface area contributed by atoms with Crippen molar-refractivity contribution in [1.29, 1.82) is 0 Å². The lowest BCUT2D eigenvalue weighted by Gasteiger charge is -2.20. The van der Waals surface area contributed by atoms with E-state index in [0.29, 0.717) is 19.6 Å². The van der Waals surface area contributed by atoms with E-state index < -0.39 is 0 Å². The van der Waals surface area contributed by atoms with Gasteiger partial charge in [-0.15, -0.1) is 0 Å². The van der Waals surface area contributed by atoms with Crippen LogP contribution in [0.5, 0.6) is 0 Å². The van der Waals surface area contributed by atoms with Crippen LogP contribution in [0, 0.1) is 0 Å². The van der Waals surface area contributed by atoms with Crippen LogP contribution in [0.4, 0.5) is 0 Å². The van der Waals surface area contributed by atoms with Crippen LogP contribution in [0.1, 0.15) is 11.1 Å². The second-order valence-corrected chi connectivity index (χ2v) is 3.74. The van der Waals surface area contributed by atoms with Crippen LogP contribution < -0.4 is 5.73 Å². The lowest BCUT2D eigenvalue weighted by Crippen LogP contribution is -2.29. The number of aliphatic hydroxyl groups excluding tert-OH is 2. The summed E-state index contributed by atoms with van der Waals surface area (Å²) >= 11 is 0. The Morgan fingerprint density at radius 3 is 1.88 bits per heavy atom. The van der Waals surface area contributed by atoms with Gasteiger partial charge in [0.15, 0.2) is 0 Å². The predicted octanol–water partition coefficient (Wildman–Crippen LogP) is -0.0681. The van der Waals surface area contributed by atoms with Crippen molar-refractivity contribution in [2.45, 2.75) is 13.1 Å². The first-order chi connectivity index (χ1) is 7.80. The number of hydrogen-bond donors (Lipinski definition) is 3. The van der Waals surface area contributed by atoms with E-state index in [2.05, 4.69) is 0 Å².